The van der Waals surface area contributed by atoms with Crippen molar-refractivity contribution in [1.82, 2.24) is 0 Å². The summed E-state index contributed by atoms with van der Waals surface area (Å²) < 4.78 is 103. The SMILES string of the molecule is CCOCCOCCOCCOCCOCCOCCOCCOCCOCCOCCOCCOCCOCCOCCOCCSCC[Si](O[Si](C)(C)C)(O[Si](C)(C)C)O[Si](C)(C)C. The van der Waals surface area contributed by atoms with Gasteiger partial charge in [-0.2, -0.15) is 11.8 Å². The largest absolute Gasteiger partial charge is 0.470 e. The van der Waals surface area contributed by atoms with Crippen LogP contribution in [0.15, 0.2) is 0 Å². The van der Waals surface area contributed by atoms with E-state index in [-0.39, 0.29) is 0 Å². The highest BCUT2D eigenvalue weighted by atomic mass is 32.2. The van der Waals surface area contributed by atoms with Crippen LogP contribution in [0.5, 0.6) is 0 Å². The van der Waals surface area contributed by atoms with Gasteiger partial charge >= 0.3 is 8.80 Å². The van der Waals surface area contributed by atoms with Crippen LogP contribution in [0.2, 0.25) is 65.0 Å². The van der Waals surface area contributed by atoms with E-state index in [1.165, 1.54) is 0 Å². The zero-order chi connectivity index (χ0) is 48.8. The fourth-order valence-corrected chi connectivity index (χ4v) is 21.3. The van der Waals surface area contributed by atoms with E-state index in [0.717, 1.165) is 17.5 Å². The zero-order valence-electron chi connectivity index (χ0n) is 43.1. The van der Waals surface area contributed by atoms with Gasteiger partial charge < -0.3 is 83.4 Å². The van der Waals surface area contributed by atoms with Crippen LogP contribution < -0.4 is 0 Å². The van der Waals surface area contributed by atoms with Crippen LogP contribution in [-0.4, -0.2) is 243 Å². The van der Waals surface area contributed by atoms with Crippen molar-refractivity contribution in [1.29, 1.82) is 0 Å². The molecular formula is C43H96O18SSi4. The third-order valence-corrected chi connectivity index (χ3v) is 21.0. The molecule has 0 aromatic rings. The molecule has 0 saturated carbocycles. The van der Waals surface area contributed by atoms with Gasteiger partial charge in [-0.3, -0.25) is 0 Å². The average molecular weight is 1050 g/mol. The Morgan fingerprint density at radius 2 is 0.424 bits per heavy atom. The minimum Gasteiger partial charge on any atom is -0.417 e. The molecule has 0 radical (unpaired) electrons. The van der Waals surface area contributed by atoms with Gasteiger partial charge in [-0.15, -0.1) is 0 Å². The van der Waals surface area contributed by atoms with Crippen molar-refractivity contribution in [3.05, 3.63) is 0 Å². The lowest BCUT2D eigenvalue weighted by Gasteiger charge is -2.42. The van der Waals surface area contributed by atoms with Gasteiger partial charge in [0.1, 0.15) is 0 Å². The first-order valence-corrected chi connectivity index (χ1v) is 37.3. The normalized spacial score (nSPS) is 12.8. The van der Waals surface area contributed by atoms with E-state index in [0.29, 0.717) is 198 Å². The van der Waals surface area contributed by atoms with E-state index in [2.05, 4.69) is 58.9 Å². The second-order valence-corrected chi connectivity index (χ2v) is 35.7. The molecule has 0 saturated heterocycles. The zero-order valence-corrected chi connectivity index (χ0v) is 47.9. The van der Waals surface area contributed by atoms with E-state index in [9.17, 15) is 0 Å². The van der Waals surface area contributed by atoms with Crippen LogP contribution in [0, 0.1) is 0 Å². The molecule has 0 spiro atoms. The topological polar surface area (TPSA) is 166 Å². The van der Waals surface area contributed by atoms with Crippen molar-refractivity contribution < 1.29 is 83.4 Å². The van der Waals surface area contributed by atoms with Crippen molar-refractivity contribution in [2.75, 3.05) is 210 Å². The minimum absolute atomic E-state index is 0.500. The molecule has 0 fully saturated rings. The number of thioether (sulfide) groups is 1. The van der Waals surface area contributed by atoms with Crippen LogP contribution in [0.1, 0.15) is 6.92 Å². The third kappa shape index (κ3) is 53.8. The first kappa shape index (κ1) is 66.5. The first-order valence-electron chi connectivity index (χ1n) is 24.0. The van der Waals surface area contributed by atoms with Gasteiger partial charge in [0.2, 0.25) is 0 Å². The highest BCUT2D eigenvalue weighted by Gasteiger charge is 2.49. The van der Waals surface area contributed by atoms with Crippen LogP contribution in [0.25, 0.3) is 0 Å². The average Bonchev–Trinajstić information content (AvgIpc) is 3.22. The Hall–Kier alpha value is 0.498. The fourth-order valence-electron chi connectivity index (χ4n) is 5.26. The molecule has 18 nitrogen and oxygen atoms in total. The molecule has 66 heavy (non-hydrogen) atoms. The first-order chi connectivity index (χ1) is 31.7. The molecule has 0 rings (SSSR count). The lowest BCUT2D eigenvalue weighted by atomic mass is 10.6. The fraction of sp³-hybridized carbons (Fsp3) is 1.00. The van der Waals surface area contributed by atoms with Crippen molar-refractivity contribution >= 4 is 45.5 Å². The lowest BCUT2D eigenvalue weighted by Crippen LogP contribution is -2.60. The Balaban J connectivity index is 3.36. The predicted octanol–water partition coefficient (Wildman–Crippen LogP) is 5.48. The summed E-state index contributed by atoms with van der Waals surface area (Å²) in [6, 6.07) is 0.839. The highest BCUT2D eigenvalue weighted by molar-refractivity contribution is 7.99. The van der Waals surface area contributed by atoms with Crippen molar-refractivity contribution in [2.45, 2.75) is 71.9 Å². The Morgan fingerprint density at radius 1 is 0.242 bits per heavy atom. The summed E-state index contributed by atoms with van der Waals surface area (Å²) in [7, 11) is -8.33. The molecule has 0 aliphatic rings. The van der Waals surface area contributed by atoms with Crippen molar-refractivity contribution in [2.24, 2.45) is 0 Å². The molecule has 398 valence electrons. The number of hydrogen-bond donors (Lipinski definition) is 0. The van der Waals surface area contributed by atoms with E-state index >= 15 is 0 Å². The smallest absolute Gasteiger partial charge is 0.417 e. The quantitative estimate of drug-likeness (QED) is 0.0555. The van der Waals surface area contributed by atoms with Gasteiger partial charge in [-0.1, -0.05) is 0 Å². The summed E-state index contributed by atoms with van der Waals surface area (Å²) in [5.41, 5.74) is 0. The van der Waals surface area contributed by atoms with E-state index in [1.807, 2.05) is 18.7 Å². The van der Waals surface area contributed by atoms with Crippen molar-refractivity contribution in [3.63, 3.8) is 0 Å². The molecule has 0 aliphatic heterocycles. The van der Waals surface area contributed by atoms with Crippen LogP contribution in [0.3, 0.4) is 0 Å². The maximum absolute atomic E-state index is 6.76. The third-order valence-electron chi connectivity index (χ3n) is 7.72. The molecule has 0 unspecified atom stereocenters. The highest BCUT2D eigenvalue weighted by Crippen LogP contribution is 2.30. The summed E-state index contributed by atoms with van der Waals surface area (Å²) in [4.78, 5) is 0. The standard InChI is InChI=1S/C43H96O18SSi4/c1-11-44-12-13-45-14-15-46-16-17-47-18-19-48-20-21-49-22-23-50-24-25-51-26-27-52-28-29-53-30-31-54-32-33-55-34-35-56-36-37-57-38-39-58-40-41-62-42-43-66(59-63(2,3)4,60-64(5,6)7)61-65(8,9)10/h11-43H2,1-10H3. The molecule has 0 amide bonds. The Labute approximate surface area is 408 Å². The van der Waals surface area contributed by atoms with Gasteiger partial charge in [0.25, 0.3) is 0 Å². The van der Waals surface area contributed by atoms with Crippen LogP contribution >= 0.6 is 11.8 Å². The van der Waals surface area contributed by atoms with Crippen molar-refractivity contribution in [3.8, 4) is 0 Å². The second-order valence-electron chi connectivity index (χ2n) is 17.5. The number of rotatable bonds is 55. The summed E-state index contributed by atoms with van der Waals surface area (Å²) in [5, 5.41) is 0. The Morgan fingerprint density at radius 3 is 0.606 bits per heavy atom. The molecule has 0 heterocycles. The summed E-state index contributed by atoms with van der Waals surface area (Å²) >= 11 is 1.87. The Kier molecular flexibility index (Phi) is 46.9. The van der Waals surface area contributed by atoms with Gasteiger partial charge in [-0.05, 0) is 71.6 Å². The van der Waals surface area contributed by atoms with Gasteiger partial charge in [0.15, 0.2) is 25.0 Å². The molecule has 0 aromatic heterocycles. The van der Waals surface area contributed by atoms with Crippen LogP contribution in [-0.2, 0) is 83.4 Å². The molecule has 23 heteroatoms. The number of hydrogen-bond acceptors (Lipinski definition) is 19. The summed E-state index contributed by atoms with van der Waals surface area (Å²) in [6.45, 7) is 38.0. The van der Waals surface area contributed by atoms with E-state index in [1.54, 1.807) is 0 Å². The molecule has 0 N–H and O–H groups in total. The maximum atomic E-state index is 6.76. The molecular weight excluding hydrogens is 949 g/mol. The van der Waals surface area contributed by atoms with Gasteiger partial charge in [0.05, 0.1) is 192 Å². The molecule has 0 aliphatic carbocycles. The van der Waals surface area contributed by atoms with E-state index in [4.69, 9.17) is 83.4 Å². The Bertz CT molecular complexity index is 961. The van der Waals surface area contributed by atoms with Crippen LogP contribution in [0.4, 0.5) is 0 Å². The summed E-state index contributed by atoms with van der Waals surface area (Å²) in [6.07, 6.45) is 0. The second kappa shape index (κ2) is 46.6. The molecule has 0 bridgehead atoms. The monoisotopic (exact) mass is 1040 g/mol. The minimum atomic E-state index is -2.77. The predicted molar refractivity (Wildman–Crippen MR) is 269 cm³/mol. The molecule has 0 aromatic carbocycles. The lowest BCUT2D eigenvalue weighted by molar-refractivity contribution is -0.0299. The van der Waals surface area contributed by atoms with Gasteiger partial charge in [0, 0.05) is 18.4 Å². The van der Waals surface area contributed by atoms with E-state index < -0.39 is 33.8 Å². The van der Waals surface area contributed by atoms with Gasteiger partial charge in [-0.25, -0.2) is 0 Å². The molecule has 0 atom stereocenters. The maximum Gasteiger partial charge on any atom is 0.470 e. The summed E-state index contributed by atoms with van der Waals surface area (Å²) in [5.74, 6) is 1.85. The number of ether oxygens (including phenoxy) is 15.